The SMILES string of the molecule is CN1C(=O)CC[C@@H]1C(=O)Nc1ccc2ccc(=O)n(C)c2c1. The first-order valence-electron chi connectivity index (χ1n) is 7.14. The van der Waals surface area contributed by atoms with Gasteiger partial charge in [0.15, 0.2) is 0 Å². The third-order valence-electron chi connectivity index (χ3n) is 4.19. The summed E-state index contributed by atoms with van der Waals surface area (Å²) in [6, 6.07) is 8.26. The van der Waals surface area contributed by atoms with E-state index < -0.39 is 6.04 Å². The number of carbonyl (C=O) groups is 2. The van der Waals surface area contributed by atoms with Crippen LogP contribution in [-0.2, 0) is 16.6 Å². The zero-order valence-electron chi connectivity index (χ0n) is 12.5. The van der Waals surface area contributed by atoms with E-state index in [0.29, 0.717) is 18.5 Å². The first-order valence-corrected chi connectivity index (χ1v) is 7.14. The summed E-state index contributed by atoms with van der Waals surface area (Å²) in [6.45, 7) is 0. The average molecular weight is 299 g/mol. The number of pyridine rings is 1. The van der Waals surface area contributed by atoms with Crippen LogP contribution in [0.25, 0.3) is 10.9 Å². The fourth-order valence-corrected chi connectivity index (χ4v) is 2.78. The standard InChI is InChI=1S/C16H17N3O3/c1-18-12(6-8-15(18)21)16(22)17-11-5-3-10-4-7-14(20)19(2)13(10)9-11/h3-5,7,9,12H,6,8H2,1-2H3,(H,17,22)/t12-/m1/s1. The van der Waals surface area contributed by atoms with E-state index in [1.54, 1.807) is 32.3 Å². The van der Waals surface area contributed by atoms with E-state index >= 15 is 0 Å². The summed E-state index contributed by atoms with van der Waals surface area (Å²) in [4.78, 5) is 37.0. The molecule has 0 spiro atoms. The number of fused-ring (bicyclic) bond motifs is 1. The van der Waals surface area contributed by atoms with Crippen LogP contribution < -0.4 is 10.9 Å². The third kappa shape index (κ3) is 2.36. The molecule has 0 aliphatic carbocycles. The molecule has 1 saturated heterocycles. The second kappa shape index (κ2) is 5.29. The van der Waals surface area contributed by atoms with Crippen molar-refractivity contribution in [1.82, 2.24) is 9.47 Å². The van der Waals surface area contributed by atoms with Crippen LogP contribution in [0, 0.1) is 0 Å². The summed E-state index contributed by atoms with van der Waals surface area (Å²) >= 11 is 0. The lowest BCUT2D eigenvalue weighted by molar-refractivity contribution is -0.131. The number of aryl methyl sites for hydroxylation is 1. The van der Waals surface area contributed by atoms with Crippen molar-refractivity contribution < 1.29 is 9.59 Å². The zero-order valence-corrected chi connectivity index (χ0v) is 12.5. The maximum absolute atomic E-state index is 12.3. The third-order valence-corrected chi connectivity index (χ3v) is 4.19. The Morgan fingerprint density at radius 1 is 1.18 bits per heavy atom. The Hall–Kier alpha value is -2.63. The largest absolute Gasteiger partial charge is 0.334 e. The van der Waals surface area contributed by atoms with Crippen LogP contribution in [0.2, 0.25) is 0 Å². The van der Waals surface area contributed by atoms with Gasteiger partial charge < -0.3 is 14.8 Å². The Morgan fingerprint density at radius 3 is 2.59 bits per heavy atom. The van der Waals surface area contributed by atoms with Crippen molar-refractivity contribution in [1.29, 1.82) is 0 Å². The average Bonchev–Trinajstić information content (AvgIpc) is 2.83. The number of hydrogen-bond acceptors (Lipinski definition) is 3. The van der Waals surface area contributed by atoms with E-state index in [-0.39, 0.29) is 17.4 Å². The van der Waals surface area contributed by atoms with E-state index in [1.807, 2.05) is 6.07 Å². The van der Waals surface area contributed by atoms with Crippen molar-refractivity contribution >= 4 is 28.4 Å². The second-order valence-electron chi connectivity index (χ2n) is 5.55. The molecule has 2 aromatic rings. The first-order chi connectivity index (χ1) is 10.5. The Kier molecular flexibility index (Phi) is 3.44. The van der Waals surface area contributed by atoms with Crippen molar-refractivity contribution in [3.8, 4) is 0 Å². The van der Waals surface area contributed by atoms with Gasteiger partial charge in [0.05, 0.1) is 5.52 Å². The normalized spacial score (nSPS) is 18.0. The molecule has 22 heavy (non-hydrogen) atoms. The smallest absolute Gasteiger partial charge is 0.250 e. The monoisotopic (exact) mass is 299 g/mol. The molecule has 2 amide bonds. The van der Waals surface area contributed by atoms with Gasteiger partial charge in [0.1, 0.15) is 6.04 Å². The molecule has 0 bridgehead atoms. The van der Waals surface area contributed by atoms with Gasteiger partial charge in [0, 0.05) is 32.3 Å². The second-order valence-corrected chi connectivity index (χ2v) is 5.55. The lowest BCUT2D eigenvalue weighted by Crippen LogP contribution is -2.38. The number of nitrogens with one attached hydrogen (secondary N) is 1. The van der Waals surface area contributed by atoms with Gasteiger partial charge >= 0.3 is 0 Å². The van der Waals surface area contributed by atoms with Gasteiger partial charge in [-0.3, -0.25) is 14.4 Å². The molecule has 1 aromatic heterocycles. The molecule has 6 nitrogen and oxygen atoms in total. The van der Waals surface area contributed by atoms with Crippen molar-refractivity contribution in [2.45, 2.75) is 18.9 Å². The van der Waals surface area contributed by atoms with Crippen molar-refractivity contribution in [3.05, 3.63) is 40.7 Å². The van der Waals surface area contributed by atoms with Gasteiger partial charge in [-0.15, -0.1) is 0 Å². The fraction of sp³-hybridized carbons (Fsp3) is 0.312. The van der Waals surface area contributed by atoms with E-state index in [0.717, 1.165) is 10.9 Å². The van der Waals surface area contributed by atoms with Crippen LogP contribution in [0.5, 0.6) is 0 Å². The van der Waals surface area contributed by atoms with E-state index in [2.05, 4.69) is 5.32 Å². The lowest BCUT2D eigenvalue weighted by atomic mass is 10.1. The molecule has 1 aliphatic heterocycles. The molecule has 6 heteroatoms. The molecule has 1 aliphatic rings. The number of aromatic nitrogens is 1. The molecule has 1 N–H and O–H groups in total. The highest BCUT2D eigenvalue weighted by Gasteiger charge is 2.33. The maximum Gasteiger partial charge on any atom is 0.250 e. The van der Waals surface area contributed by atoms with Crippen molar-refractivity contribution in [3.63, 3.8) is 0 Å². The quantitative estimate of drug-likeness (QED) is 0.902. The van der Waals surface area contributed by atoms with Gasteiger partial charge in [0.2, 0.25) is 11.8 Å². The van der Waals surface area contributed by atoms with Crippen LogP contribution in [0.4, 0.5) is 5.69 Å². The maximum atomic E-state index is 12.3. The highest BCUT2D eigenvalue weighted by atomic mass is 16.2. The number of anilines is 1. The Bertz CT molecular complexity index is 825. The minimum absolute atomic E-state index is 0.0129. The van der Waals surface area contributed by atoms with Crippen LogP contribution in [0.15, 0.2) is 35.1 Å². The van der Waals surface area contributed by atoms with E-state index in [4.69, 9.17) is 0 Å². The van der Waals surface area contributed by atoms with Crippen LogP contribution in [0.1, 0.15) is 12.8 Å². The van der Waals surface area contributed by atoms with Gasteiger partial charge in [-0.2, -0.15) is 0 Å². The summed E-state index contributed by atoms with van der Waals surface area (Å²) < 4.78 is 1.54. The van der Waals surface area contributed by atoms with Gasteiger partial charge in [-0.1, -0.05) is 6.07 Å². The van der Waals surface area contributed by atoms with Crippen LogP contribution >= 0.6 is 0 Å². The number of benzene rings is 1. The number of nitrogens with zero attached hydrogens (tertiary/aromatic N) is 2. The summed E-state index contributed by atoms with van der Waals surface area (Å²) in [5.41, 5.74) is 1.27. The minimum atomic E-state index is -0.428. The van der Waals surface area contributed by atoms with E-state index in [1.165, 1.54) is 15.5 Å². The Labute approximate surface area is 127 Å². The van der Waals surface area contributed by atoms with Gasteiger partial charge in [-0.25, -0.2) is 0 Å². The number of carbonyl (C=O) groups excluding carboxylic acids is 2. The van der Waals surface area contributed by atoms with Crippen molar-refractivity contribution in [2.24, 2.45) is 7.05 Å². The molecule has 0 saturated carbocycles. The highest BCUT2D eigenvalue weighted by molar-refractivity contribution is 6.00. The topological polar surface area (TPSA) is 71.4 Å². The molecule has 0 unspecified atom stereocenters. The number of likely N-dealkylation sites (tertiary alicyclic amines) is 1. The predicted octanol–water partition coefficient (Wildman–Crippen LogP) is 1.10. The highest BCUT2D eigenvalue weighted by Crippen LogP contribution is 2.21. The van der Waals surface area contributed by atoms with Crippen molar-refractivity contribution in [2.75, 3.05) is 12.4 Å². The Balaban J connectivity index is 1.88. The molecule has 2 heterocycles. The van der Waals surface area contributed by atoms with Crippen LogP contribution in [0.3, 0.4) is 0 Å². The molecular formula is C16H17N3O3. The number of likely N-dealkylation sites (N-methyl/N-ethyl adjacent to an activating group) is 1. The predicted molar refractivity (Wildman–Crippen MR) is 83.6 cm³/mol. The lowest BCUT2D eigenvalue weighted by Gasteiger charge is -2.19. The molecule has 3 rings (SSSR count). The molecule has 1 aromatic carbocycles. The minimum Gasteiger partial charge on any atom is -0.334 e. The first kappa shape index (κ1) is 14.3. The molecular weight excluding hydrogens is 282 g/mol. The number of hydrogen-bond donors (Lipinski definition) is 1. The van der Waals surface area contributed by atoms with Gasteiger partial charge in [0.25, 0.3) is 5.56 Å². The molecule has 1 atom stereocenters. The number of rotatable bonds is 2. The fourth-order valence-electron chi connectivity index (χ4n) is 2.78. The summed E-state index contributed by atoms with van der Waals surface area (Å²) in [7, 11) is 3.34. The molecule has 114 valence electrons. The summed E-state index contributed by atoms with van der Waals surface area (Å²) in [5.74, 6) is -0.213. The Morgan fingerprint density at radius 2 is 1.91 bits per heavy atom. The molecule has 0 radical (unpaired) electrons. The van der Waals surface area contributed by atoms with E-state index in [9.17, 15) is 14.4 Å². The summed E-state index contributed by atoms with van der Waals surface area (Å²) in [5, 5.41) is 3.75. The number of amides is 2. The summed E-state index contributed by atoms with van der Waals surface area (Å²) in [6.07, 6.45) is 0.939. The van der Waals surface area contributed by atoms with Gasteiger partial charge in [-0.05, 0) is 30.0 Å². The molecule has 1 fully saturated rings. The zero-order chi connectivity index (χ0) is 15.9. The van der Waals surface area contributed by atoms with Crippen LogP contribution in [-0.4, -0.2) is 34.4 Å².